The number of benzene rings is 3. The second-order valence-electron chi connectivity index (χ2n) is 8.47. The molecule has 166 valence electrons. The summed E-state index contributed by atoms with van der Waals surface area (Å²) in [5.41, 5.74) is 0.330. The third kappa shape index (κ3) is 3.47. The van der Waals surface area contributed by atoms with E-state index in [4.69, 9.17) is 23.2 Å². The molecule has 0 radical (unpaired) electrons. The van der Waals surface area contributed by atoms with Crippen LogP contribution in [0.15, 0.2) is 72.8 Å². The summed E-state index contributed by atoms with van der Waals surface area (Å²) in [6.45, 7) is 5.98. The predicted molar refractivity (Wildman–Crippen MR) is 132 cm³/mol. The smallest absolute Gasteiger partial charge is 0.332 e. The topological polar surface area (TPSA) is 43.8 Å². The monoisotopic (exact) mass is 468 g/mol. The minimum absolute atomic E-state index is 0.311. The summed E-state index contributed by atoms with van der Waals surface area (Å²) in [6, 6.07) is 21.5. The highest BCUT2D eigenvalue weighted by atomic mass is 35.5. The minimum Gasteiger partial charge on any atom is -0.364 e. The Bertz CT molecular complexity index is 1130. The third-order valence-electron chi connectivity index (χ3n) is 6.28. The summed E-state index contributed by atoms with van der Waals surface area (Å²) in [4.78, 5) is 17.3. The van der Waals surface area contributed by atoms with E-state index in [1.807, 2.05) is 50.2 Å². The molecule has 0 saturated carbocycles. The molecule has 0 spiro atoms. The number of hydrogen-bond donors (Lipinski definition) is 1. The normalized spacial score (nSPS) is 23.1. The van der Waals surface area contributed by atoms with E-state index in [2.05, 4.69) is 6.92 Å². The van der Waals surface area contributed by atoms with E-state index in [1.54, 1.807) is 41.3 Å². The highest BCUT2D eigenvalue weighted by Crippen LogP contribution is 2.52. The summed E-state index contributed by atoms with van der Waals surface area (Å²) >= 11 is 12.2. The fourth-order valence-corrected chi connectivity index (χ4v) is 5.05. The van der Waals surface area contributed by atoms with Crippen molar-refractivity contribution in [2.24, 2.45) is 0 Å². The molecule has 0 aliphatic carbocycles. The van der Waals surface area contributed by atoms with Gasteiger partial charge in [-0.3, -0.25) is 9.80 Å². The molecule has 1 fully saturated rings. The summed E-state index contributed by atoms with van der Waals surface area (Å²) in [7, 11) is 0. The van der Waals surface area contributed by atoms with Gasteiger partial charge in [0.25, 0.3) is 0 Å². The van der Waals surface area contributed by atoms with Gasteiger partial charge in [0.05, 0.1) is 5.54 Å². The molecule has 1 unspecified atom stereocenters. The van der Waals surface area contributed by atoms with E-state index in [0.29, 0.717) is 33.4 Å². The molecule has 3 aromatic rings. The molecule has 0 aromatic heterocycles. The van der Waals surface area contributed by atoms with Crippen LogP contribution >= 0.6 is 23.2 Å². The lowest BCUT2D eigenvalue weighted by Crippen LogP contribution is -2.58. The Kier molecular flexibility index (Phi) is 5.97. The van der Waals surface area contributed by atoms with Crippen molar-refractivity contribution < 1.29 is 9.90 Å². The van der Waals surface area contributed by atoms with Crippen molar-refractivity contribution in [1.29, 1.82) is 0 Å². The molecule has 1 aliphatic heterocycles. The van der Waals surface area contributed by atoms with Gasteiger partial charge in [0.15, 0.2) is 5.72 Å². The van der Waals surface area contributed by atoms with E-state index in [0.717, 1.165) is 12.0 Å². The Labute approximate surface area is 199 Å². The molecule has 1 N–H and O–H groups in total. The van der Waals surface area contributed by atoms with Gasteiger partial charge in [-0.2, -0.15) is 0 Å². The molecule has 1 saturated heterocycles. The number of carbonyl (C=O) groups is 1. The Morgan fingerprint density at radius 3 is 1.91 bits per heavy atom. The number of anilines is 2. The first-order valence-corrected chi connectivity index (χ1v) is 11.4. The quantitative estimate of drug-likeness (QED) is 0.431. The maximum Gasteiger partial charge on any atom is 0.332 e. The summed E-state index contributed by atoms with van der Waals surface area (Å²) in [6.07, 6.45) is 1.35. The zero-order valence-corrected chi connectivity index (χ0v) is 19.9. The molecular formula is C26H26Cl2N2O2. The van der Waals surface area contributed by atoms with Crippen LogP contribution < -0.4 is 9.80 Å². The van der Waals surface area contributed by atoms with Crippen molar-refractivity contribution in [3.8, 4) is 0 Å². The molecule has 0 bridgehead atoms. The number of aliphatic hydroxyl groups is 1. The van der Waals surface area contributed by atoms with E-state index in [9.17, 15) is 9.90 Å². The minimum atomic E-state index is -1.63. The molecule has 1 aliphatic rings. The van der Waals surface area contributed by atoms with Crippen LogP contribution in [-0.2, 0) is 5.72 Å². The lowest BCUT2D eigenvalue weighted by molar-refractivity contribution is -0.0140. The standard InChI is InChI=1S/C26H26Cl2N2O2/c1-4-16-25(3)26(32,19-7-5-6-18(2)17-19)30(23-14-10-21(28)11-15-23)24(31)29(25)22-12-8-20(27)9-13-22/h5-15,17,32H,4,16H2,1-3H3/t25-,26?/m1/s1. The number of halogens is 2. The first kappa shape index (κ1) is 22.7. The van der Waals surface area contributed by atoms with Crippen molar-refractivity contribution in [3.05, 3.63) is 94.0 Å². The van der Waals surface area contributed by atoms with Gasteiger partial charge >= 0.3 is 6.03 Å². The molecule has 2 atom stereocenters. The second-order valence-corrected chi connectivity index (χ2v) is 9.34. The van der Waals surface area contributed by atoms with Gasteiger partial charge in [-0.25, -0.2) is 4.79 Å². The molecule has 32 heavy (non-hydrogen) atoms. The summed E-state index contributed by atoms with van der Waals surface area (Å²) < 4.78 is 0. The van der Waals surface area contributed by atoms with Crippen LogP contribution in [0.2, 0.25) is 10.0 Å². The van der Waals surface area contributed by atoms with Crippen molar-refractivity contribution in [1.82, 2.24) is 0 Å². The average molecular weight is 469 g/mol. The molecule has 4 nitrogen and oxygen atoms in total. The fourth-order valence-electron chi connectivity index (χ4n) is 4.79. The predicted octanol–water partition coefficient (Wildman–Crippen LogP) is 7.15. The van der Waals surface area contributed by atoms with Crippen molar-refractivity contribution in [2.75, 3.05) is 9.80 Å². The van der Waals surface area contributed by atoms with Crippen molar-refractivity contribution >= 4 is 40.6 Å². The Morgan fingerprint density at radius 2 is 1.41 bits per heavy atom. The maximum absolute atomic E-state index is 14.1. The van der Waals surface area contributed by atoms with Crippen molar-refractivity contribution in [2.45, 2.75) is 44.9 Å². The van der Waals surface area contributed by atoms with Gasteiger partial charge in [-0.15, -0.1) is 0 Å². The van der Waals surface area contributed by atoms with E-state index < -0.39 is 11.3 Å². The number of aryl methyl sites for hydroxylation is 1. The van der Waals surface area contributed by atoms with Crippen LogP contribution in [0.25, 0.3) is 0 Å². The number of amides is 2. The number of rotatable bonds is 5. The van der Waals surface area contributed by atoms with Gasteiger partial charge in [-0.05, 0) is 68.8 Å². The lowest BCUT2D eigenvalue weighted by Gasteiger charge is -2.45. The highest BCUT2D eigenvalue weighted by Gasteiger charge is 2.65. The van der Waals surface area contributed by atoms with Gasteiger partial charge in [0.1, 0.15) is 0 Å². The van der Waals surface area contributed by atoms with Crippen LogP contribution in [0.3, 0.4) is 0 Å². The van der Waals surface area contributed by atoms with Crippen LogP contribution in [0.1, 0.15) is 37.8 Å². The molecule has 3 aromatic carbocycles. The first-order chi connectivity index (χ1) is 15.2. The molecule has 4 rings (SSSR count). The number of nitrogens with zero attached hydrogens (tertiary/aromatic N) is 2. The Morgan fingerprint density at radius 1 is 0.875 bits per heavy atom. The molecule has 2 amide bonds. The van der Waals surface area contributed by atoms with Gasteiger partial charge in [-0.1, -0.05) is 66.4 Å². The van der Waals surface area contributed by atoms with Crippen LogP contribution in [0.4, 0.5) is 16.2 Å². The lowest BCUT2D eigenvalue weighted by atomic mass is 9.78. The number of carbonyl (C=O) groups excluding carboxylic acids is 1. The molecule has 1 heterocycles. The zero-order chi connectivity index (χ0) is 23.1. The van der Waals surface area contributed by atoms with Crippen LogP contribution in [-0.4, -0.2) is 16.7 Å². The Hall–Kier alpha value is -2.53. The molecule has 6 heteroatoms. The largest absolute Gasteiger partial charge is 0.364 e. The van der Waals surface area contributed by atoms with Gasteiger partial charge in [0, 0.05) is 27.0 Å². The maximum atomic E-state index is 14.1. The van der Waals surface area contributed by atoms with Crippen molar-refractivity contribution in [3.63, 3.8) is 0 Å². The van der Waals surface area contributed by atoms with Crippen LogP contribution in [0.5, 0.6) is 0 Å². The highest BCUT2D eigenvalue weighted by molar-refractivity contribution is 6.31. The second kappa shape index (κ2) is 8.43. The number of urea groups is 1. The van der Waals surface area contributed by atoms with Crippen LogP contribution in [0, 0.1) is 6.92 Å². The summed E-state index contributed by atoms with van der Waals surface area (Å²) in [5.74, 6) is 0. The third-order valence-corrected chi connectivity index (χ3v) is 6.78. The first-order valence-electron chi connectivity index (χ1n) is 10.7. The van der Waals surface area contributed by atoms with E-state index in [1.165, 1.54) is 4.90 Å². The SMILES string of the molecule is CCC[C@@]1(C)N(c2ccc(Cl)cc2)C(=O)N(c2ccc(Cl)cc2)C1(O)c1cccc(C)c1. The summed E-state index contributed by atoms with van der Waals surface area (Å²) in [5, 5.41) is 13.7. The number of hydrogen-bond acceptors (Lipinski definition) is 2. The van der Waals surface area contributed by atoms with E-state index in [-0.39, 0.29) is 6.03 Å². The van der Waals surface area contributed by atoms with Gasteiger partial charge < -0.3 is 5.11 Å². The zero-order valence-electron chi connectivity index (χ0n) is 18.3. The van der Waals surface area contributed by atoms with Gasteiger partial charge in [0.2, 0.25) is 0 Å². The Balaban J connectivity index is 2.01. The average Bonchev–Trinajstić information content (AvgIpc) is 2.93. The fraction of sp³-hybridized carbons (Fsp3) is 0.269. The molecular weight excluding hydrogens is 443 g/mol. The van der Waals surface area contributed by atoms with E-state index >= 15 is 0 Å².